The number of fused-ring (bicyclic) bond motifs is 3. The molecule has 5 aromatic rings. The van der Waals surface area contributed by atoms with E-state index in [9.17, 15) is 9.59 Å². The van der Waals surface area contributed by atoms with Crippen LogP contribution >= 0.6 is 11.6 Å². The van der Waals surface area contributed by atoms with Crippen LogP contribution in [-0.2, 0) is 24.6 Å². The standard InChI is InChI=1S/C57H68ClNO5/c1-42(2)37-38-62-40-47(59-56(61)63-41-52-50-29-19-17-27-48(50)49-28-18-20-30-51(49)52)39-55(60)64-57(45-25-15-12-16-26-45,53-31-21-22-32-54(53)58)46-35-33-44(34-36-46)43-23-13-10-8-6-4-3-5-7-9-11-14-24-43/h12,15-22,25-36,42-43,47,52H,3-11,13-14,23-24,37-41H2,1-2H3,(H,59,61)/t47-,57?/m0/s1. The molecule has 1 fully saturated rings. The van der Waals surface area contributed by atoms with Gasteiger partial charge in [-0.3, -0.25) is 4.79 Å². The van der Waals surface area contributed by atoms with Crippen molar-refractivity contribution < 1.29 is 23.8 Å². The molecule has 7 rings (SSSR count). The Morgan fingerprint density at radius 3 is 1.78 bits per heavy atom. The van der Waals surface area contributed by atoms with Crippen molar-refractivity contribution in [2.24, 2.45) is 5.92 Å². The Balaban J connectivity index is 1.14. The zero-order valence-corrected chi connectivity index (χ0v) is 38.8. The summed E-state index contributed by atoms with van der Waals surface area (Å²) in [7, 11) is 0. The first-order valence-electron chi connectivity index (χ1n) is 24.2. The Labute approximate surface area is 387 Å². The average molecular weight is 883 g/mol. The molecule has 1 unspecified atom stereocenters. The van der Waals surface area contributed by atoms with Gasteiger partial charge in [0.15, 0.2) is 5.60 Å². The number of benzene rings is 5. The number of rotatable bonds is 15. The van der Waals surface area contributed by atoms with E-state index in [1.165, 1.54) is 89.0 Å². The first kappa shape index (κ1) is 47.1. The van der Waals surface area contributed by atoms with Gasteiger partial charge in [-0.25, -0.2) is 4.79 Å². The number of nitrogens with one attached hydrogen (secondary N) is 1. The summed E-state index contributed by atoms with van der Waals surface area (Å²) in [6.45, 7) is 5.05. The number of ether oxygens (including phenoxy) is 3. The highest BCUT2D eigenvalue weighted by Crippen LogP contribution is 2.46. The summed E-state index contributed by atoms with van der Waals surface area (Å²) in [5.41, 5.74) is 6.76. The quantitative estimate of drug-likeness (QED) is 0.0644. The molecule has 0 aliphatic heterocycles. The summed E-state index contributed by atoms with van der Waals surface area (Å²) < 4.78 is 18.9. The third kappa shape index (κ3) is 12.2. The van der Waals surface area contributed by atoms with Crippen LogP contribution in [0.5, 0.6) is 0 Å². The Hall–Kier alpha value is -4.91. The van der Waals surface area contributed by atoms with Gasteiger partial charge < -0.3 is 19.5 Å². The SMILES string of the molecule is CC(C)CCOC[C@H](CC(=O)OC(c1ccccc1)(c1ccc(C2CCCCCCCCCCCCC2)cc1)c1ccccc1Cl)NC(=O)OCC1c2ccccc2-c2ccccc21. The molecule has 0 spiro atoms. The third-order valence-corrected chi connectivity index (χ3v) is 13.7. The predicted octanol–water partition coefficient (Wildman–Crippen LogP) is 14.7. The second kappa shape index (κ2) is 23.9. The van der Waals surface area contributed by atoms with Crippen molar-refractivity contribution in [3.8, 4) is 11.1 Å². The third-order valence-electron chi connectivity index (χ3n) is 13.3. The molecule has 1 saturated carbocycles. The molecule has 0 bridgehead atoms. The van der Waals surface area contributed by atoms with Crippen LogP contribution < -0.4 is 5.32 Å². The van der Waals surface area contributed by atoms with Crippen molar-refractivity contribution >= 4 is 23.7 Å². The smallest absolute Gasteiger partial charge is 0.407 e. The lowest BCUT2D eigenvalue weighted by atomic mass is 9.78. The molecule has 2 atom stereocenters. The van der Waals surface area contributed by atoms with E-state index in [0.29, 0.717) is 29.0 Å². The van der Waals surface area contributed by atoms with Crippen LogP contribution in [-0.4, -0.2) is 37.9 Å². The second-order valence-corrected chi connectivity index (χ2v) is 18.8. The molecule has 0 radical (unpaired) electrons. The van der Waals surface area contributed by atoms with Gasteiger partial charge in [-0.1, -0.05) is 217 Å². The molecule has 2 aliphatic carbocycles. The van der Waals surface area contributed by atoms with E-state index in [2.05, 4.69) is 67.7 Å². The van der Waals surface area contributed by atoms with Crippen LogP contribution in [0, 0.1) is 5.92 Å². The van der Waals surface area contributed by atoms with Gasteiger partial charge in [0.2, 0.25) is 0 Å². The number of amides is 1. The van der Waals surface area contributed by atoms with E-state index in [1.54, 1.807) is 0 Å². The normalized spacial score (nSPS) is 16.8. The summed E-state index contributed by atoms with van der Waals surface area (Å²) in [5, 5.41) is 3.47. The maximum Gasteiger partial charge on any atom is 0.407 e. The van der Waals surface area contributed by atoms with Crippen LogP contribution in [0.25, 0.3) is 11.1 Å². The molecule has 2 aliphatic rings. The second-order valence-electron chi connectivity index (χ2n) is 18.4. The molecule has 5 aromatic carbocycles. The van der Waals surface area contributed by atoms with Gasteiger partial charge in [0, 0.05) is 34.2 Å². The molecule has 6 nitrogen and oxygen atoms in total. The van der Waals surface area contributed by atoms with Crippen LogP contribution in [0.1, 0.15) is 155 Å². The van der Waals surface area contributed by atoms with Gasteiger partial charge in [0.25, 0.3) is 0 Å². The van der Waals surface area contributed by atoms with Gasteiger partial charge in [0.05, 0.1) is 19.1 Å². The molecule has 0 aromatic heterocycles. The van der Waals surface area contributed by atoms with Crippen molar-refractivity contribution in [1.82, 2.24) is 5.32 Å². The molecular weight excluding hydrogens is 814 g/mol. The number of esters is 1. The number of halogens is 1. The fourth-order valence-corrected chi connectivity index (χ4v) is 10.1. The highest BCUT2D eigenvalue weighted by atomic mass is 35.5. The van der Waals surface area contributed by atoms with E-state index in [-0.39, 0.29) is 25.6 Å². The molecular formula is C57H68ClNO5. The van der Waals surface area contributed by atoms with Gasteiger partial charge in [-0.05, 0) is 65.0 Å². The number of carbonyl (C=O) groups excluding carboxylic acids is 2. The summed E-state index contributed by atoms with van der Waals surface area (Å²) >= 11 is 7.11. The maximum atomic E-state index is 14.7. The first-order chi connectivity index (χ1) is 31.3. The topological polar surface area (TPSA) is 73.9 Å². The summed E-state index contributed by atoms with van der Waals surface area (Å²) in [6, 6.07) is 42.0. The number of hydrogen-bond donors (Lipinski definition) is 1. The van der Waals surface area contributed by atoms with Crippen molar-refractivity contribution in [3.63, 3.8) is 0 Å². The van der Waals surface area contributed by atoms with Gasteiger partial charge >= 0.3 is 12.1 Å². The summed E-state index contributed by atoms with van der Waals surface area (Å²) in [4.78, 5) is 28.4. The molecule has 7 heteroatoms. The number of carbonyl (C=O) groups is 2. The largest absolute Gasteiger partial charge is 0.449 e. The van der Waals surface area contributed by atoms with Gasteiger partial charge in [-0.2, -0.15) is 0 Å². The summed E-state index contributed by atoms with van der Waals surface area (Å²) in [5.74, 6) is 0.319. The number of alkyl carbamates (subject to hydrolysis) is 1. The molecule has 1 N–H and O–H groups in total. The van der Waals surface area contributed by atoms with Crippen molar-refractivity contribution in [2.45, 2.75) is 134 Å². The van der Waals surface area contributed by atoms with E-state index < -0.39 is 23.7 Å². The lowest BCUT2D eigenvalue weighted by Crippen LogP contribution is -2.43. The Kier molecular flexibility index (Phi) is 17.5. The lowest BCUT2D eigenvalue weighted by molar-refractivity contribution is -0.154. The highest BCUT2D eigenvalue weighted by Gasteiger charge is 2.43. The predicted molar refractivity (Wildman–Crippen MR) is 260 cm³/mol. The van der Waals surface area contributed by atoms with Crippen LogP contribution in [0.3, 0.4) is 0 Å². The molecule has 1 amide bonds. The molecule has 64 heavy (non-hydrogen) atoms. The highest BCUT2D eigenvalue weighted by molar-refractivity contribution is 6.31. The van der Waals surface area contributed by atoms with Crippen molar-refractivity contribution in [2.75, 3.05) is 19.8 Å². The minimum Gasteiger partial charge on any atom is -0.449 e. The average Bonchev–Trinajstić information content (AvgIpc) is 3.63. The van der Waals surface area contributed by atoms with E-state index >= 15 is 0 Å². The minimum absolute atomic E-state index is 0.0955. The van der Waals surface area contributed by atoms with Crippen LogP contribution in [0.15, 0.2) is 127 Å². The maximum absolute atomic E-state index is 14.7. The van der Waals surface area contributed by atoms with Crippen molar-refractivity contribution in [1.29, 1.82) is 0 Å². The monoisotopic (exact) mass is 881 g/mol. The number of hydrogen-bond acceptors (Lipinski definition) is 5. The Morgan fingerprint density at radius 1 is 0.656 bits per heavy atom. The zero-order chi connectivity index (χ0) is 44.6. The lowest BCUT2D eigenvalue weighted by Gasteiger charge is -2.36. The van der Waals surface area contributed by atoms with Gasteiger partial charge in [-0.15, -0.1) is 0 Å². The van der Waals surface area contributed by atoms with E-state index in [1.807, 2.05) is 78.9 Å². The van der Waals surface area contributed by atoms with E-state index in [4.69, 9.17) is 25.8 Å². The Morgan fingerprint density at radius 2 is 1.19 bits per heavy atom. The van der Waals surface area contributed by atoms with Crippen LogP contribution in [0.2, 0.25) is 5.02 Å². The summed E-state index contributed by atoms with van der Waals surface area (Å²) in [6.07, 6.45) is 17.0. The molecule has 338 valence electrons. The van der Waals surface area contributed by atoms with Crippen molar-refractivity contribution in [3.05, 3.63) is 166 Å². The Bertz CT molecular complexity index is 2160. The van der Waals surface area contributed by atoms with Crippen LogP contribution in [0.4, 0.5) is 4.79 Å². The molecule has 0 saturated heterocycles. The van der Waals surface area contributed by atoms with E-state index in [0.717, 1.165) is 39.8 Å². The fraction of sp³-hybridized carbons (Fsp3) is 0.439. The zero-order valence-electron chi connectivity index (χ0n) is 38.1. The minimum atomic E-state index is -1.38. The van der Waals surface area contributed by atoms with Gasteiger partial charge in [0.1, 0.15) is 6.61 Å². The fourth-order valence-electron chi connectivity index (χ4n) is 9.83. The molecule has 0 heterocycles. The first-order valence-corrected chi connectivity index (χ1v) is 24.5.